The predicted octanol–water partition coefficient (Wildman–Crippen LogP) is 6.86. The lowest BCUT2D eigenvalue weighted by molar-refractivity contribution is -0.138. The molecule has 3 N–H and O–H groups in total. The molecule has 0 aromatic heterocycles. The number of nitrogens with zero attached hydrogens (tertiary/aromatic N) is 3. The van der Waals surface area contributed by atoms with Gasteiger partial charge in [0.2, 0.25) is 29.4 Å². The van der Waals surface area contributed by atoms with Crippen molar-refractivity contribution in [1.29, 1.82) is 0 Å². The van der Waals surface area contributed by atoms with Crippen LogP contribution in [0.5, 0.6) is 0 Å². The first-order valence-corrected chi connectivity index (χ1v) is 23.3. The topological polar surface area (TPSA) is 165 Å². The SMILES string of the molecule is CC(c1ccccc1)N1CCC(c2ccc3c(c2)CN(C2CCC(=O)NC2=O)C3=O)CC1.Cl.O=C(c1ccccc1)C(F)F.O=C1CCC(N2Cc3cc(C4CCNCC4)ccc3C2=O)C(=O)N1. The number of Topliss-reactive ketones (excluding diaryl/α,β-unsaturated/α-hetero) is 1. The summed E-state index contributed by atoms with van der Waals surface area (Å²) in [5.74, 6) is -1.53. The smallest absolute Gasteiger partial charge is 0.300 e. The molecule has 4 aromatic rings. The Morgan fingerprint density at radius 3 is 1.51 bits per heavy atom. The molecule has 4 aromatic carbocycles. The summed E-state index contributed by atoms with van der Waals surface area (Å²) >= 11 is 0. The van der Waals surface area contributed by atoms with E-state index in [2.05, 4.69) is 82.4 Å². The minimum absolute atomic E-state index is 0. The molecule has 3 atom stereocenters. The number of carbonyl (C=O) groups excluding carboxylic acids is 7. The second kappa shape index (κ2) is 22.3. The van der Waals surface area contributed by atoms with E-state index in [-0.39, 0.29) is 66.3 Å². The molecule has 10 rings (SSSR count). The van der Waals surface area contributed by atoms with E-state index >= 15 is 0 Å². The maximum absolute atomic E-state index is 12.9. The van der Waals surface area contributed by atoms with Crippen molar-refractivity contribution >= 4 is 53.6 Å². The highest BCUT2D eigenvalue weighted by atomic mass is 35.5. The second-order valence-electron chi connectivity index (χ2n) is 18.1. The van der Waals surface area contributed by atoms with Gasteiger partial charge in [0.25, 0.3) is 11.8 Å². The van der Waals surface area contributed by atoms with Gasteiger partial charge in [0.1, 0.15) is 12.1 Å². The van der Waals surface area contributed by atoms with Crippen LogP contribution in [0.4, 0.5) is 8.78 Å². The van der Waals surface area contributed by atoms with Gasteiger partial charge in [0.05, 0.1) is 0 Å². The Kier molecular flexibility index (Phi) is 16.3. The maximum atomic E-state index is 12.9. The fourth-order valence-corrected chi connectivity index (χ4v) is 10.1. The normalized spacial score (nSPS) is 21.4. The molecule has 6 amide bonds. The van der Waals surface area contributed by atoms with E-state index in [1.807, 2.05) is 12.1 Å². The van der Waals surface area contributed by atoms with Crippen LogP contribution in [0.15, 0.2) is 97.1 Å². The van der Waals surface area contributed by atoms with Crippen LogP contribution in [0.3, 0.4) is 0 Å². The van der Waals surface area contributed by atoms with Gasteiger partial charge in [-0.25, -0.2) is 8.78 Å². The molecule has 68 heavy (non-hydrogen) atoms. The first kappa shape index (κ1) is 49.7. The van der Waals surface area contributed by atoms with Crippen LogP contribution in [-0.4, -0.2) is 101 Å². The summed E-state index contributed by atoms with van der Waals surface area (Å²) in [5, 5.41) is 8.07. The number of piperidine rings is 4. The summed E-state index contributed by atoms with van der Waals surface area (Å²) in [5.41, 5.74) is 7.36. The van der Waals surface area contributed by atoms with Crippen LogP contribution in [0, 0.1) is 0 Å². The Bertz CT molecular complexity index is 2520. The minimum atomic E-state index is -2.91. The molecule has 0 spiro atoms. The highest BCUT2D eigenvalue weighted by Gasteiger charge is 2.41. The number of halogens is 3. The van der Waals surface area contributed by atoms with E-state index in [1.165, 1.54) is 28.8 Å². The molecule has 4 saturated heterocycles. The zero-order valence-electron chi connectivity index (χ0n) is 38.0. The predicted molar refractivity (Wildman–Crippen MR) is 252 cm³/mol. The number of amides is 6. The first-order valence-electron chi connectivity index (χ1n) is 23.3. The molecule has 358 valence electrons. The van der Waals surface area contributed by atoms with E-state index < -0.39 is 24.3 Å². The van der Waals surface area contributed by atoms with E-state index in [0.717, 1.165) is 63.0 Å². The van der Waals surface area contributed by atoms with Crippen molar-refractivity contribution in [2.24, 2.45) is 0 Å². The van der Waals surface area contributed by atoms with Crippen molar-refractivity contribution in [2.45, 2.75) is 108 Å². The Morgan fingerprint density at radius 1 is 0.603 bits per heavy atom. The maximum Gasteiger partial charge on any atom is 0.300 e. The number of alkyl halides is 2. The molecule has 0 bridgehead atoms. The van der Waals surface area contributed by atoms with Crippen molar-refractivity contribution in [1.82, 2.24) is 30.7 Å². The molecule has 3 unspecified atom stereocenters. The van der Waals surface area contributed by atoms with E-state index in [9.17, 15) is 42.3 Å². The number of hydrogen-bond acceptors (Lipinski definition) is 9. The molecular weight excluding hydrogens is 894 g/mol. The van der Waals surface area contributed by atoms with Crippen LogP contribution in [0.2, 0.25) is 0 Å². The molecule has 0 aliphatic carbocycles. The summed E-state index contributed by atoms with van der Waals surface area (Å²) in [4.78, 5) is 89.1. The Hall–Kier alpha value is -6.16. The van der Waals surface area contributed by atoms with Crippen molar-refractivity contribution < 1.29 is 42.3 Å². The highest BCUT2D eigenvalue weighted by Crippen LogP contribution is 2.36. The summed E-state index contributed by atoms with van der Waals surface area (Å²) in [7, 11) is 0. The van der Waals surface area contributed by atoms with E-state index in [1.54, 1.807) is 28.0 Å². The number of imide groups is 2. The average Bonchev–Trinajstić information content (AvgIpc) is 3.86. The lowest BCUT2D eigenvalue weighted by atomic mass is 9.87. The Morgan fingerprint density at radius 2 is 1.06 bits per heavy atom. The van der Waals surface area contributed by atoms with Gasteiger partial charge in [-0.1, -0.05) is 84.9 Å². The lowest BCUT2D eigenvalue weighted by Gasteiger charge is -2.36. The lowest BCUT2D eigenvalue weighted by Crippen LogP contribution is -2.52. The van der Waals surface area contributed by atoms with Crippen molar-refractivity contribution in [3.05, 3.63) is 142 Å². The molecular formula is C52H57ClF2N6O7. The zero-order valence-corrected chi connectivity index (χ0v) is 38.8. The van der Waals surface area contributed by atoms with Crippen molar-refractivity contribution in [3.63, 3.8) is 0 Å². The number of hydrogen-bond donors (Lipinski definition) is 3. The third-order valence-electron chi connectivity index (χ3n) is 14.0. The van der Waals surface area contributed by atoms with Gasteiger partial charge < -0.3 is 15.1 Å². The fraction of sp³-hybridized carbons (Fsp3) is 0.404. The van der Waals surface area contributed by atoms with Crippen LogP contribution in [0.25, 0.3) is 0 Å². The first-order chi connectivity index (χ1) is 32.4. The largest absolute Gasteiger partial charge is 0.322 e. The van der Waals surface area contributed by atoms with Crippen LogP contribution in [-0.2, 0) is 32.3 Å². The number of fused-ring (bicyclic) bond motifs is 2. The quantitative estimate of drug-likeness (QED) is 0.127. The van der Waals surface area contributed by atoms with Gasteiger partial charge >= 0.3 is 6.43 Å². The molecule has 6 aliphatic rings. The van der Waals surface area contributed by atoms with Crippen LogP contribution in [0.1, 0.15) is 135 Å². The standard InChI is InChI=1S/C26H29N3O3.C18H21N3O3.C8H6F2O.ClH/c1-17(18-5-3-2-4-6-18)28-13-11-19(12-14-28)20-7-8-22-21(15-20)16-29(26(22)32)23-9-10-24(30)27-25(23)31;22-16-4-3-15(17(23)20-16)21-10-13-9-12(1-2-14(13)18(21)24)11-5-7-19-8-6-11;9-8(10)7(11)6-4-2-1-3-5-6;/h2-8,15,17,19,23H,9-14,16H2,1H3,(H,27,30,31);1-2,9,11,15,19H,3-8,10H2,(H,20,22,23);1-5,8H;1H. The number of carbonyl (C=O) groups is 7. The molecule has 16 heteroatoms. The fourth-order valence-electron chi connectivity index (χ4n) is 10.1. The Balaban J connectivity index is 0.000000167. The monoisotopic (exact) mass is 950 g/mol. The van der Waals surface area contributed by atoms with E-state index in [0.29, 0.717) is 54.9 Å². The summed E-state index contributed by atoms with van der Waals surface area (Å²) in [6.07, 6.45) is 2.89. The van der Waals surface area contributed by atoms with Crippen LogP contribution >= 0.6 is 12.4 Å². The third kappa shape index (κ3) is 11.2. The van der Waals surface area contributed by atoms with Gasteiger partial charge in [0.15, 0.2) is 0 Å². The summed E-state index contributed by atoms with van der Waals surface area (Å²) in [6.45, 7) is 7.35. The van der Waals surface area contributed by atoms with Gasteiger partial charge in [-0.05, 0) is 123 Å². The molecule has 4 fully saturated rings. The Labute approximate surface area is 400 Å². The minimum Gasteiger partial charge on any atom is -0.322 e. The summed E-state index contributed by atoms with van der Waals surface area (Å²) < 4.78 is 23.5. The molecule has 6 heterocycles. The number of nitrogens with one attached hydrogen (secondary N) is 3. The van der Waals surface area contributed by atoms with Crippen molar-refractivity contribution in [2.75, 3.05) is 26.2 Å². The van der Waals surface area contributed by atoms with Gasteiger partial charge in [-0.2, -0.15) is 0 Å². The van der Waals surface area contributed by atoms with Crippen molar-refractivity contribution in [3.8, 4) is 0 Å². The zero-order chi connectivity index (χ0) is 47.2. The second-order valence-corrected chi connectivity index (χ2v) is 18.1. The van der Waals surface area contributed by atoms with Gasteiger partial charge in [-0.3, -0.25) is 49.1 Å². The number of benzene rings is 4. The number of rotatable bonds is 8. The van der Waals surface area contributed by atoms with E-state index in [4.69, 9.17) is 0 Å². The van der Waals surface area contributed by atoms with Crippen LogP contribution < -0.4 is 16.0 Å². The average molecular weight is 952 g/mol. The summed E-state index contributed by atoms with van der Waals surface area (Å²) in [6, 6.07) is 29.8. The molecule has 0 radical (unpaired) electrons. The van der Waals surface area contributed by atoms with Gasteiger partial charge in [-0.15, -0.1) is 12.4 Å². The highest BCUT2D eigenvalue weighted by molar-refractivity contribution is 6.06. The van der Waals surface area contributed by atoms with Gasteiger partial charge in [0, 0.05) is 48.7 Å². The third-order valence-corrected chi connectivity index (χ3v) is 14.0. The number of likely N-dealkylation sites (tertiary alicyclic amines) is 1. The molecule has 13 nitrogen and oxygen atoms in total. The number of ketones is 1. The molecule has 0 saturated carbocycles. The molecule has 6 aliphatic heterocycles.